The van der Waals surface area contributed by atoms with Gasteiger partial charge in [-0.05, 0) is 36.3 Å². The van der Waals surface area contributed by atoms with Crippen LogP contribution in [-0.2, 0) is 4.79 Å². The van der Waals surface area contributed by atoms with E-state index in [2.05, 4.69) is 6.07 Å². The first-order valence-electron chi connectivity index (χ1n) is 7.68. The van der Waals surface area contributed by atoms with Gasteiger partial charge >= 0.3 is 0 Å². The predicted octanol–water partition coefficient (Wildman–Crippen LogP) is 3.04. The second kappa shape index (κ2) is 5.83. The van der Waals surface area contributed by atoms with Gasteiger partial charge in [0.1, 0.15) is 0 Å². The van der Waals surface area contributed by atoms with Crippen molar-refractivity contribution in [3.8, 4) is 11.5 Å². The van der Waals surface area contributed by atoms with Crippen molar-refractivity contribution in [3.63, 3.8) is 0 Å². The largest absolute Gasteiger partial charge is 0.472 e. The summed E-state index contributed by atoms with van der Waals surface area (Å²) in [6, 6.07) is 7.86. The average molecular weight is 311 g/mol. The first-order chi connectivity index (χ1) is 11.3. The highest BCUT2D eigenvalue weighted by atomic mass is 16.7. The van der Waals surface area contributed by atoms with Gasteiger partial charge in [-0.2, -0.15) is 0 Å². The molecule has 1 aromatic carbocycles. The molecule has 1 atom stereocenters. The van der Waals surface area contributed by atoms with E-state index in [4.69, 9.17) is 13.9 Å². The Balaban J connectivity index is 1.41. The molecular weight excluding hydrogens is 294 g/mol. The number of fused-ring (bicyclic) bond motifs is 1. The van der Waals surface area contributed by atoms with Gasteiger partial charge in [-0.1, -0.05) is 6.07 Å². The van der Waals surface area contributed by atoms with Crippen LogP contribution in [0.5, 0.6) is 11.5 Å². The van der Waals surface area contributed by atoms with Crippen molar-refractivity contribution in [3.05, 3.63) is 54.0 Å². The monoisotopic (exact) mass is 311 g/mol. The van der Waals surface area contributed by atoms with E-state index < -0.39 is 0 Å². The van der Waals surface area contributed by atoms with Crippen LogP contribution in [0.3, 0.4) is 0 Å². The fourth-order valence-electron chi connectivity index (χ4n) is 3.04. The van der Waals surface area contributed by atoms with E-state index in [-0.39, 0.29) is 12.7 Å². The van der Waals surface area contributed by atoms with Gasteiger partial charge in [-0.15, -0.1) is 0 Å². The van der Waals surface area contributed by atoms with Crippen LogP contribution in [0.15, 0.2) is 47.3 Å². The molecule has 0 unspecified atom stereocenters. The standard InChI is InChI=1S/C18H17NO4/c20-18(4-1-13-6-8-21-11-13)19-7-5-15(10-19)14-2-3-16-17(9-14)23-12-22-16/h1-4,6,8-9,11,15H,5,7,10,12H2/b4-1+/t15-/m0/s1. The van der Waals surface area contributed by atoms with Crippen LogP contribution >= 0.6 is 0 Å². The lowest BCUT2D eigenvalue weighted by atomic mass is 9.98. The van der Waals surface area contributed by atoms with Gasteiger partial charge < -0.3 is 18.8 Å². The quantitative estimate of drug-likeness (QED) is 0.818. The number of furan rings is 1. The zero-order chi connectivity index (χ0) is 15.6. The third kappa shape index (κ3) is 2.82. The van der Waals surface area contributed by atoms with Crippen molar-refractivity contribution in [2.24, 2.45) is 0 Å². The number of hydrogen-bond donors (Lipinski definition) is 0. The van der Waals surface area contributed by atoms with Crippen LogP contribution in [0, 0.1) is 0 Å². The Hall–Kier alpha value is -2.69. The number of benzene rings is 1. The van der Waals surface area contributed by atoms with E-state index in [1.54, 1.807) is 24.7 Å². The predicted molar refractivity (Wildman–Crippen MR) is 84.2 cm³/mol. The van der Waals surface area contributed by atoms with E-state index >= 15 is 0 Å². The molecule has 0 bridgehead atoms. The third-order valence-corrected chi connectivity index (χ3v) is 4.33. The van der Waals surface area contributed by atoms with Gasteiger partial charge in [0.25, 0.3) is 0 Å². The van der Waals surface area contributed by atoms with Crippen LogP contribution in [0.2, 0.25) is 0 Å². The molecule has 0 aliphatic carbocycles. The van der Waals surface area contributed by atoms with Crippen molar-refractivity contribution in [1.82, 2.24) is 4.90 Å². The van der Waals surface area contributed by atoms with Gasteiger partial charge in [0.2, 0.25) is 12.7 Å². The summed E-state index contributed by atoms with van der Waals surface area (Å²) in [5, 5.41) is 0. The van der Waals surface area contributed by atoms with Crippen molar-refractivity contribution in [2.45, 2.75) is 12.3 Å². The maximum absolute atomic E-state index is 12.3. The highest BCUT2D eigenvalue weighted by Gasteiger charge is 2.27. The highest BCUT2D eigenvalue weighted by molar-refractivity contribution is 5.92. The lowest BCUT2D eigenvalue weighted by Crippen LogP contribution is -2.26. The Bertz CT molecular complexity index is 735. The van der Waals surface area contributed by atoms with E-state index in [1.807, 2.05) is 23.1 Å². The summed E-state index contributed by atoms with van der Waals surface area (Å²) in [5.41, 5.74) is 2.09. The summed E-state index contributed by atoms with van der Waals surface area (Å²) in [6.07, 6.45) is 7.55. The van der Waals surface area contributed by atoms with E-state index in [9.17, 15) is 4.79 Å². The van der Waals surface area contributed by atoms with Crippen molar-refractivity contribution < 1.29 is 18.7 Å². The minimum atomic E-state index is 0.0365. The number of amides is 1. The van der Waals surface area contributed by atoms with Crippen LogP contribution in [0.4, 0.5) is 0 Å². The summed E-state index contributed by atoms with van der Waals surface area (Å²) in [6.45, 7) is 1.79. The number of nitrogens with zero attached hydrogens (tertiary/aromatic N) is 1. The van der Waals surface area contributed by atoms with Gasteiger partial charge in [0.15, 0.2) is 11.5 Å². The Morgan fingerprint density at radius 3 is 3.00 bits per heavy atom. The minimum absolute atomic E-state index is 0.0365. The van der Waals surface area contributed by atoms with Crippen molar-refractivity contribution >= 4 is 12.0 Å². The van der Waals surface area contributed by atoms with Crippen LogP contribution in [0.1, 0.15) is 23.5 Å². The lowest BCUT2D eigenvalue weighted by molar-refractivity contribution is -0.124. The zero-order valence-electron chi connectivity index (χ0n) is 12.6. The molecule has 0 saturated carbocycles. The zero-order valence-corrected chi connectivity index (χ0v) is 12.6. The summed E-state index contributed by atoms with van der Waals surface area (Å²) in [5.74, 6) is 1.97. The second-order valence-electron chi connectivity index (χ2n) is 5.77. The van der Waals surface area contributed by atoms with Gasteiger partial charge in [0.05, 0.1) is 12.5 Å². The molecule has 4 rings (SSSR count). The third-order valence-electron chi connectivity index (χ3n) is 4.33. The lowest BCUT2D eigenvalue weighted by Gasteiger charge is -2.15. The number of rotatable bonds is 3. The van der Waals surface area contributed by atoms with Crippen molar-refractivity contribution in [2.75, 3.05) is 19.9 Å². The maximum Gasteiger partial charge on any atom is 0.246 e. The Labute approximate surface area is 134 Å². The average Bonchev–Trinajstić information content (AvgIpc) is 3.32. The summed E-state index contributed by atoms with van der Waals surface area (Å²) < 4.78 is 15.8. The molecule has 1 fully saturated rings. The molecule has 2 aliphatic heterocycles. The molecule has 1 amide bonds. The number of hydrogen-bond acceptors (Lipinski definition) is 4. The van der Waals surface area contributed by atoms with E-state index in [1.165, 1.54) is 5.56 Å². The fraction of sp³-hybridized carbons (Fsp3) is 0.278. The van der Waals surface area contributed by atoms with Gasteiger partial charge in [-0.3, -0.25) is 4.79 Å². The molecule has 5 nitrogen and oxygen atoms in total. The molecule has 23 heavy (non-hydrogen) atoms. The molecule has 2 aromatic rings. The minimum Gasteiger partial charge on any atom is -0.472 e. The highest BCUT2D eigenvalue weighted by Crippen LogP contribution is 2.37. The summed E-state index contributed by atoms with van der Waals surface area (Å²) in [7, 11) is 0. The topological polar surface area (TPSA) is 51.9 Å². The smallest absolute Gasteiger partial charge is 0.246 e. The molecule has 2 aliphatic rings. The molecule has 0 N–H and O–H groups in total. The van der Waals surface area contributed by atoms with Gasteiger partial charge in [0, 0.05) is 30.6 Å². The number of ether oxygens (including phenoxy) is 2. The number of likely N-dealkylation sites (tertiary alicyclic amines) is 1. The Morgan fingerprint density at radius 2 is 2.13 bits per heavy atom. The van der Waals surface area contributed by atoms with Crippen LogP contribution in [-0.4, -0.2) is 30.7 Å². The molecule has 0 spiro atoms. The van der Waals surface area contributed by atoms with Gasteiger partial charge in [-0.25, -0.2) is 0 Å². The van der Waals surface area contributed by atoms with Crippen molar-refractivity contribution in [1.29, 1.82) is 0 Å². The van der Waals surface area contributed by atoms with E-state index in [0.717, 1.165) is 36.6 Å². The Kier molecular flexibility index (Phi) is 3.54. The normalized spacial score (nSPS) is 19.7. The molecule has 1 aromatic heterocycles. The molecule has 0 radical (unpaired) electrons. The number of carbonyl (C=O) groups excluding carboxylic acids is 1. The molecule has 1 saturated heterocycles. The molecule has 3 heterocycles. The van der Waals surface area contributed by atoms with Crippen LogP contribution in [0.25, 0.3) is 6.08 Å². The Morgan fingerprint density at radius 1 is 1.22 bits per heavy atom. The second-order valence-corrected chi connectivity index (χ2v) is 5.77. The summed E-state index contributed by atoms with van der Waals surface area (Å²) in [4.78, 5) is 14.1. The SMILES string of the molecule is O=C(/C=C/c1ccoc1)N1CC[C@H](c2ccc3c(c2)OCO3)C1. The molecule has 5 heteroatoms. The number of carbonyl (C=O) groups is 1. The molecule has 118 valence electrons. The fourth-order valence-corrected chi connectivity index (χ4v) is 3.04. The maximum atomic E-state index is 12.3. The first kappa shape index (κ1) is 13.9. The van der Waals surface area contributed by atoms with Crippen LogP contribution < -0.4 is 9.47 Å². The van der Waals surface area contributed by atoms with E-state index in [0.29, 0.717) is 5.92 Å². The molecular formula is C18H17NO4. The first-order valence-corrected chi connectivity index (χ1v) is 7.68. The summed E-state index contributed by atoms with van der Waals surface area (Å²) >= 11 is 0.